The molecule has 26 heavy (non-hydrogen) atoms. The molecule has 0 radical (unpaired) electrons. The molecule has 5 nitrogen and oxygen atoms in total. The van der Waals surface area contributed by atoms with Gasteiger partial charge in [-0.2, -0.15) is 0 Å². The molecular formula is C21H30N2O3. The molecule has 2 saturated heterocycles. The number of carbonyl (C=O) groups is 2. The fourth-order valence-electron chi connectivity index (χ4n) is 3.97. The first-order chi connectivity index (χ1) is 12.6. The SMILES string of the molecule is CC(=O)N1CCC(C(=O)N2CCO[C@@H](CCCc3ccccc3)C2)CC1. The Morgan fingerprint density at radius 3 is 2.50 bits per heavy atom. The highest BCUT2D eigenvalue weighted by Gasteiger charge is 2.32. The van der Waals surface area contributed by atoms with Gasteiger partial charge < -0.3 is 14.5 Å². The van der Waals surface area contributed by atoms with Gasteiger partial charge in [0, 0.05) is 39.0 Å². The number of likely N-dealkylation sites (tertiary alicyclic amines) is 1. The second kappa shape index (κ2) is 9.17. The van der Waals surface area contributed by atoms with Crippen LogP contribution in [0.5, 0.6) is 0 Å². The van der Waals surface area contributed by atoms with Crippen LogP contribution in [-0.2, 0) is 20.7 Å². The molecule has 1 atom stereocenters. The monoisotopic (exact) mass is 358 g/mol. The fraction of sp³-hybridized carbons (Fsp3) is 0.619. The van der Waals surface area contributed by atoms with Crippen LogP contribution in [-0.4, -0.2) is 60.5 Å². The molecule has 0 bridgehead atoms. The van der Waals surface area contributed by atoms with Crippen molar-refractivity contribution in [1.29, 1.82) is 0 Å². The number of amides is 2. The summed E-state index contributed by atoms with van der Waals surface area (Å²) in [5.41, 5.74) is 1.36. The number of rotatable bonds is 5. The average molecular weight is 358 g/mol. The van der Waals surface area contributed by atoms with E-state index in [9.17, 15) is 9.59 Å². The van der Waals surface area contributed by atoms with Gasteiger partial charge in [0.25, 0.3) is 0 Å². The van der Waals surface area contributed by atoms with Crippen molar-refractivity contribution in [2.24, 2.45) is 5.92 Å². The van der Waals surface area contributed by atoms with Crippen molar-refractivity contribution in [3.63, 3.8) is 0 Å². The van der Waals surface area contributed by atoms with Gasteiger partial charge in [-0.05, 0) is 37.7 Å². The van der Waals surface area contributed by atoms with E-state index in [2.05, 4.69) is 24.3 Å². The highest BCUT2D eigenvalue weighted by atomic mass is 16.5. The minimum absolute atomic E-state index is 0.0636. The lowest BCUT2D eigenvalue weighted by Crippen LogP contribution is -2.50. The number of ether oxygens (including phenoxy) is 1. The quantitative estimate of drug-likeness (QED) is 0.813. The smallest absolute Gasteiger partial charge is 0.225 e. The highest BCUT2D eigenvalue weighted by Crippen LogP contribution is 2.22. The standard InChI is InChI=1S/C21H30N2O3/c1-17(24)22-12-10-19(11-13-22)21(25)23-14-15-26-20(16-23)9-5-8-18-6-3-2-4-7-18/h2-4,6-7,19-20H,5,8-16H2,1H3/t20-/m0/s1. The van der Waals surface area contributed by atoms with Crippen LogP contribution in [0.4, 0.5) is 0 Å². The van der Waals surface area contributed by atoms with Gasteiger partial charge in [0.15, 0.2) is 0 Å². The lowest BCUT2D eigenvalue weighted by atomic mass is 9.94. The minimum atomic E-state index is 0.0636. The summed E-state index contributed by atoms with van der Waals surface area (Å²) in [6.07, 6.45) is 4.84. The Hall–Kier alpha value is -1.88. The molecule has 1 aromatic rings. The van der Waals surface area contributed by atoms with Crippen molar-refractivity contribution < 1.29 is 14.3 Å². The summed E-state index contributed by atoms with van der Waals surface area (Å²) < 4.78 is 5.89. The molecule has 0 saturated carbocycles. The van der Waals surface area contributed by atoms with Gasteiger partial charge in [-0.3, -0.25) is 9.59 Å². The van der Waals surface area contributed by atoms with Crippen LogP contribution in [0.2, 0.25) is 0 Å². The number of morpholine rings is 1. The Balaban J connectivity index is 1.43. The molecule has 0 unspecified atom stereocenters. The van der Waals surface area contributed by atoms with Crippen LogP contribution >= 0.6 is 0 Å². The van der Waals surface area contributed by atoms with E-state index in [-0.39, 0.29) is 23.8 Å². The van der Waals surface area contributed by atoms with E-state index in [0.29, 0.717) is 32.8 Å². The largest absolute Gasteiger partial charge is 0.375 e. The van der Waals surface area contributed by atoms with Crippen molar-refractivity contribution >= 4 is 11.8 Å². The molecule has 2 aliphatic heterocycles. The van der Waals surface area contributed by atoms with E-state index in [1.54, 1.807) is 6.92 Å². The minimum Gasteiger partial charge on any atom is -0.375 e. The Morgan fingerprint density at radius 2 is 1.81 bits per heavy atom. The van der Waals surface area contributed by atoms with Crippen molar-refractivity contribution in [2.75, 3.05) is 32.8 Å². The summed E-state index contributed by atoms with van der Waals surface area (Å²) in [4.78, 5) is 28.1. The lowest BCUT2D eigenvalue weighted by molar-refractivity contribution is -0.146. The van der Waals surface area contributed by atoms with Gasteiger partial charge in [0.05, 0.1) is 12.7 Å². The number of aryl methyl sites for hydroxylation is 1. The molecule has 142 valence electrons. The van der Waals surface area contributed by atoms with Crippen molar-refractivity contribution in [2.45, 2.75) is 45.1 Å². The Morgan fingerprint density at radius 1 is 1.08 bits per heavy atom. The molecule has 3 rings (SSSR count). The summed E-state index contributed by atoms with van der Waals surface area (Å²) in [5, 5.41) is 0. The number of carbonyl (C=O) groups excluding carboxylic acids is 2. The van der Waals surface area contributed by atoms with E-state index >= 15 is 0 Å². The number of hydrogen-bond donors (Lipinski definition) is 0. The van der Waals surface area contributed by atoms with Gasteiger partial charge in [-0.1, -0.05) is 30.3 Å². The maximum Gasteiger partial charge on any atom is 0.225 e. The number of hydrogen-bond acceptors (Lipinski definition) is 3. The van der Waals surface area contributed by atoms with Crippen LogP contribution in [0.25, 0.3) is 0 Å². The third-order valence-electron chi connectivity index (χ3n) is 5.57. The molecule has 0 aromatic heterocycles. The summed E-state index contributed by atoms with van der Waals surface area (Å²) in [6.45, 7) is 5.05. The van der Waals surface area contributed by atoms with Crippen LogP contribution < -0.4 is 0 Å². The van der Waals surface area contributed by atoms with Gasteiger partial charge in [0.1, 0.15) is 0 Å². The van der Waals surface area contributed by atoms with Gasteiger partial charge in [0.2, 0.25) is 11.8 Å². The van der Waals surface area contributed by atoms with Crippen molar-refractivity contribution in [3.8, 4) is 0 Å². The van der Waals surface area contributed by atoms with Gasteiger partial charge in [-0.15, -0.1) is 0 Å². The normalized spacial score (nSPS) is 21.7. The zero-order chi connectivity index (χ0) is 18.4. The third-order valence-corrected chi connectivity index (χ3v) is 5.57. The summed E-state index contributed by atoms with van der Waals surface area (Å²) in [5.74, 6) is 0.430. The predicted molar refractivity (Wildman–Crippen MR) is 101 cm³/mol. The Labute approximate surface area is 156 Å². The maximum absolute atomic E-state index is 12.8. The lowest BCUT2D eigenvalue weighted by Gasteiger charge is -2.37. The number of piperidine rings is 1. The molecular weight excluding hydrogens is 328 g/mol. The topological polar surface area (TPSA) is 49.9 Å². The Kier molecular flexibility index (Phi) is 6.67. The molecule has 0 N–H and O–H groups in total. The molecule has 0 spiro atoms. The van der Waals surface area contributed by atoms with E-state index in [4.69, 9.17) is 4.74 Å². The molecule has 2 fully saturated rings. The van der Waals surface area contributed by atoms with Crippen molar-refractivity contribution in [1.82, 2.24) is 9.80 Å². The molecule has 0 aliphatic carbocycles. The van der Waals surface area contributed by atoms with Crippen LogP contribution in [0, 0.1) is 5.92 Å². The first kappa shape index (κ1) is 18.9. The first-order valence-electron chi connectivity index (χ1n) is 9.83. The van der Waals surface area contributed by atoms with E-state index in [1.807, 2.05) is 15.9 Å². The Bertz CT molecular complexity index is 597. The first-order valence-corrected chi connectivity index (χ1v) is 9.83. The molecule has 2 amide bonds. The van der Waals surface area contributed by atoms with E-state index < -0.39 is 0 Å². The molecule has 1 aromatic carbocycles. The van der Waals surface area contributed by atoms with Crippen LogP contribution in [0.1, 0.15) is 38.2 Å². The van der Waals surface area contributed by atoms with E-state index in [0.717, 1.165) is 32.1 Å². The van der Waals surface area contributed by atoms with Crippen LogP contribution in [0.3, 0.4) is 0 Å². The second-order valence-electron chi connectivity index (χ2n) is 7.44. The third kappa shape index (κ3) is 5.07. The fourth-order valence-corrected chi connectivity index (χ4v) is 3.97. The second-order valence-corrected chi connectivity index (χ2v) is 7.44. The van der Waals surface area contributed by atoms with Gasteiger partial charge in [-0.25, -0.2) is 0 Å². The summed E-state index contributed by atoms with van der Waals surface area (Å²) in [6, 6.07) is 10.5. The van der Waals surface area contributed by atoms with Crippen LogP contribution in [0.15, 0.2) is 30.3 Å². The zero-order valence-corrected chi connectivity index (χ0v) is 15.7. The summed E-state index contributed by atoms with van der Waals surface area (Å²) >= 11 is 0. The molecule has 5 heteroatoms. The zero-order valence-electron chi connectivity index (χ0n) is 15.7. The molecule has 2 heterocycles. The highest BCUT2D eigenvalue weighted by molar-refractivity contribution is 5.80. The average Bonchev–Trinajstić information content (AvgIpc) is 2.68. The maximum atomic E-state index is 12.8. The van der Waals surface area contributed by atoms with Gasteiger partial charge >= 0.3 is 0 Å². The number of nitrogens with zero attached hydrogens (tertiary/aromatic N) is 2. The van der Waals surface area contributed by atoms with Crippen molar-refractivity contribution in [3.05, 3.63) is 35.9 Å². The number of benzene rings is 1. The van der Waals surface area contributed by atoms with E-state index in [1.165, 1.54) is 5.56 Å². The summed E-state index contributed by atoms with van der Waals surface area (Å²) in [7, 11) is 0. The molecule has 2 aliphatic rings. The predicted octanol–water partition coefficient (Wildman–Crippen LogP) is 2.50.